The highest BCUT2D eigenvalue weighted by molar-refractivity contribution is 14.0. The summed E-state index contributed by atoms with van der Waals surface area (Å²) in [6.45, 7) is 4.43. The molecule has 25 heavy (non-hydrogen) atoms. The van der Waals surface area contributed by atoms with Gasteiger partial charge in [-0.1, -0.05) is 6.07 Å². The fourth-order valence-corrected chi connectivity index (χ4v) is 2.22. The average molecular weight is 457 g/mol. The van der Waals surface area contributed by atoms with Crippen molar-refractivity contribution in [2.45, 2.75) is 20.4 Å². The van der Waals surface area contributed by atoms with E-state index in [9.17, 15) is 5.11 Å². The van der Waals surface area contributed by atoms with Crippen LogP contribution in [0.5, 0.6) is 17.2 Å². The van der Waals surface area contributed by atoms with Gasteiger partial charge in [-0.15, -0.1) is 24.0 Å². The molecule has 6 nitrogen and oxygen atoms in total. The first-order chi connectivity index (χ1) is 11.4. The van der Waals surface area contributed by atoms with Crippen molar-refractivity contribution in [2.24, 2.45) is 10.7 Å². The summed E-state index contributed by atoms with van der Waals surface area (Å²) in [5, 5.41) is 13.0. The Morgan fingerprint density at radius 1 is 1.08 bits per heavy atom. The van der Waals surface area contributed by atoms with Crippen LogP contribution in [-0.2, 0) is 6.54 Å². The first-order valence-corrected chi connectivity index (χ1v) is 7.52. The summed E-state index contributed by atoms with van der Waals surface area (Å²) in [4.78, 5) is 4.31. The molecule has 0 atom stereocenters. The Labute approximate surface area is 165 Å². The van der Waals surface area contributed by atoms with E-state index < -0.39 is 0 Å². The smallest absolute Gasteiger partial charge is 0.200 e. The van der Waals surface area contributed by atoms with Crippen LogP contribution in [0.4, 0.5) is 5.69 Å². The van der Waals surface area contributed by atoms with Gasteiger partial charge in [-0.25, -0.2) is 4.99 Å². The molecule has 0 aliphatic heterocycles. The highest BCUT2D eigenvalue weighted by atomic mass is 127. The molecule has 0 bridgehead atoms. The number of methoxy groups -OCH3 is 2. The number of phenols is 1. The van der Waals surface area contributed by atoms with Gasteiger partial charge < -0.3 is 25.6 Å². The molecule has 0 saturated heterocycles. The van der Waals surface area contributed by atoms with E-state index in [1.807, 2.05) is 25.1 Å². The number of aryl methyl sites for hydroxylation is 2. The molecule has 0 heterocycles. The predicted molar refractivity (Wildman–Crippen MR) is 111 cm³/mol. The number of anilines is 1. The van der Waals surface area contributed by atoms with Crippen molar-refractivity contribution < 1.29 is 14.6 Å². The molecular formula is C18H24IN3O3. The maximum absolute atomic E-state index is 9.91. The van der Waals surface area contributed by atoms with Gasteiger partial charge in [0.25, 0.3) is 0 Å². The maximum Gasteiger partial charge on any atom is 0.200 e. The van der Waals surface area contributed by atoms with E-state index in [2.05, 4.69) is 17.2 Å². The van der Waals surface area contributed by atoms with Gasteiger partial charge in [0.15, 0.2) is 17.5 Å². The van der Waals surface area contributed by atoms with Gasteiger partial charge in [0, 0.05) is 5.69 Å². The highest BCUT2D eigenvalue weighted by Gasteiger charge is 2.11. The second-order valence-corrected chi connectivity index (χ2v) is 5.47. The van der Waals surface area contributed by atoms with Crippen LogP contribution in [0.3, 0.4) is 0 Å². The van der Waals surface area contributed by atoms with Crippen molar-refractivity contribution in [3.8, 4) is 17.2 Å². The summed E-state index contributed by atoms with van der Waals surface area (Å²) in [6, 6.07) is 9.40. The largest absolute Gasteiger partial charge is 0.502 e. The summed E-state index contributed by atoms with van der Waals surface area (Å²) in [5.41, 5.74) is 10.0. The van der Waals surface area contributed by atoms with E-state index in [0.29, 0.717) is 24.0 Å². The third-order valence-electron chi connectivity index (χ3n) is 3.75. The predicted octanol–water partition coefficient (Wildman–Crippen LogP) is 3.57. The second-order valence-electron chi connectivity index (χ2n) is 5.47. The van der Waals surface area contributed by atoms with Gasteiger partial charge in [-0.2, -0.15) is 0 Å². The molecule has 0 aromatic heterocycles. The van der Waals surface area contributed by atoms with Crippen LogP contribution >= 0.6 is 24.0 Å². The van der Waals surface area contributed by atoms with Gasteiger partial charge in [0.1, 0.15) is 0 Å². The molecule has 0 fully saturated rings. The van der Waals surface area contributed by atoms with E-state index >= 15 is 0 Å². The summed E-state index contributed by atoms with van der Waals surface area (Å²) in [6.07, 6.45) is 0. The molecule has 0 aliphatic carbocycles. The minimum atomic E-state index is -0.0334. The highest BCUT2D eigenvalue weighted by Crippen LogP contribution is 2.37. The third kappa shape index (κ3) is 5.42. The second kappa shape index (κ2) is 9.36. The maximum atomic E-state index is 9.91. The Kier molecular flexibility index (Phi) is 7.82. The summed E-state index contributed by atoms with van der Waals surface area (Å²) < 4.78 is 10.3. The normalized spacial score (nSPS) is 10.8. The SMILES string of the molecule is COc1cc(CN=C(N)Nc2ccc(C)c(C)c2)cc(OC)c1O.I. The van der Waals surface area contributed by atoms with Gasteiger partial charge in [0.05, 0.1) is 20.8 Å². The van der Waals surface area contributed by atoms with E-state index in [1.165, 1.54) is 25.3 Å². The van der Waals surface area contributed by atoms with Crippen molar-refractivity contribution in [2.75, 3.05) is 19.5 Å². The van der Waals surface area contributed by atoms with Crippen LogP contribution in [0, 0.1) is 13.8 Å². The molecule has 0 radical (unpaired) electrons. The number of ether oxygens (including phenoxy) is 2. The lowest BCUT2D eigenvalue weighted by molar-refractivity contribution is 0.339. The molecule has 2 aromatic rings. The van der Waals surface area contributed by atoms with E-state index in [-0.39, 0.29) is 29.7 Å². The Bertz CT molecular complexity index is 738. The van der Waals surface area contributed by atoms with Crippen LogP contribution < -0.4 is 20.5 Å². The zero-order chi connectivity index (χ0) is 17.7. The number of nitrogens with two attached hydrogens (primary N) is 1. The number of rotatable bonds is 5. The first-order valence-electron chi connectivity index (χ1n) is 7.52. The lowest BCUT2D eigenvalue weighted by Crippen LogP contribution is -2.22. The Morgan fingerprint density at radius 3 is 2.20 bits per heavy atom. The molecule has 4 N–H and O–H groups in total. The molecule has 7 heteroatoms. The van der Waals surface area contributed by atoms with Crippen molar-refractivity contribution in [3.63, 3.8) is 0 Å². The van der Waals surface area contributed by atoms with Crippen molar-refractivity contribution in [1.82, 2.24) is 0 Å². The standard InChI is InChI=1S/C18H23N3O3.HI/c1-11-5-6-14(7-12(11)2)21-18(19)20-10-13-8-15(23-3)17(22)16(9-13)24-4;/h5-9,22H,10H2,1-4H3,(H3,19,20,21);1H. The van der Waals surface area contributed by atoms with Crippen molar-refractivity contribution in [3.05, 3.63) is 47.0 Å². The topological polar surface area (TPSA) is 89.1 Å². The van der Waals surface area contributed by atoms with Crippen molar-refractivity contribution >= 4 is 35.6 Å². The Balaban J connectivity index is 0.00000312. The van der Waals surface area contributed by atoms with Crippen LogP contribution in [0.2, 0.25) is 0 Å². The van der Waals surface area contributed by atoms with E-state index in [4.69, 9.17) is 15.2 Å². The number of hydrogen-bond donors (Lipinski definition) is 3. The number of nitrogens with zero attached hydrogens (tertiary/aromatic N) is 1. The number of phenolic OH excluding ortho intramolecular Hbond substituents is 1. The zero-order valence-corrected chi connectivity index (χ0v) is 17.1. The first kappa shape index (κ1) is 20.9. The number of aliphatic imine (C=N–C) groups is 1. The van der Waals surface area contributed by atoms with E-state index in [0.717, 1.165) is 11.3 Å². The van der Waals surface area contributed by atoms with Gasteiger partial charge >= 0.3 is 0 Å². The minimum absolute atomic E-state index is 0. The molecule has 0 unspecified atom stereocenters. The quantitative estimate of drug-likeness (QED) is 0.363. The van der Waals surface area contributed by atoms with E-state index in [1.54, 1.807) is 12.1 Å². The number of guanidine groups is 1. The molecular weight excluding hydrogens is 433 g/mol. The van der Waals surface area contributed by atoms with Gasteiger partial charge in [-0.05, 0) is 54.8 Å². The molecule has 0 aliphatic rings. The fourth-order valence-electron chi connectivity index (χ4n) is 2.22. The summed E-state index contributed by atoms with van der Waals surface area (Å²) >= 11 is 0. The lowest BCUT2D eigenvalue weighted by atomic mass is 10.1. The monoisotopic (exact) mass is 457 g/mol. The van der Waals surface area contributed by atoms with Gasteiger partial charge in [-0.3, -0.25) is 0 Å². The molecule has 0 spiro atoms. The molecule has 0 amide bonds. The minimum Gasteiger partial charge on any atom is -0.502 e. The Hall–Kier alpha value is -2.16. The Morgan fingerprint density at radius 2 is 1.68 bits per heavy atom. The van der Waals surface area contributed by atoms with Crippen molar-refractivity contribution in [1.29, 1.82) is 0 Å². The number of aromatic hydroxyl groups is 1. The van der Waals surface area contributed by atoms with Crippen LogP contribution in [0.1, 0.15) is 16.7 Å². The van der Waals surface area contributed by atoms with Gasteiger partial charge in [0.2, 0.25) is 5.75 Å². The third-order valence-corrected chi connectivity index (χ3v) is 3.75. The molecule has 2 aromatic carbocycles. The number of halogens is 1. The molecule has 0 saturated carbocycles. The average Bonchev–Trinajstić information content (AvgIpc) is 2.57. The lowest BCUT2D eigenvalue weighted by Gasteiger charge is -2.11. The number of hydrogen-bond acceptors (Lipinski definition) is 4. The van der Waals surface area contributed by atoms with Crippen LogP contribution in [0.25, 0.3) is 0 Å². The number of benzene rings is 2. The summed E-state index contributed by atoms with van der Waals surface area (Å²) in [5.74, 6) is 0.943. The number of nitrogens with one attached hydrogen (secondary N) is 1. The van der Waals surface area contributed by atoms with Crippen LogP contribution in [-0.4, -0.2) is 25.3 Å². The fraction of sp³-hybridized carbons (Fsp3) is 0.278. The van der Waals surface area contributed by atoms with Crippen LogP contribution in [0.15, 0.2) is 35.3 Å². The summed E-state index contributed by atoms with van der Waals surface area (Å²) in [7, 11) is 2.97. The zero-order valence-electron chi connectivity index (χ0n) is 14.8. The molecule has 2 rings (SSSR count). The molecule has 136 valence electrons.